The monoisotopic (exact) mass is 524 g/mol. The lowest BCUT2D eigenvalue weighted by Gasteiger charge is -2.46. The molecule has 13 heteroatoms. The lowest BCUT2D eigenvalue weighted by Crippen LogP contribution is -2.70. The molecule has 0 spiro atoms. The minimum absolute atomic E-state index is 0.312. The van der Waals surface area contributed by atoms with Crippen LogP contribution in [0.15, 0.2) is 41.6 Å². The molecule has 174 valence electrons. The Hall–Kier alpha value is -2.14. The fraction of sp³-hybridized carbons (Fsp3) is 0.368. The van der Waals surface area contributed by atoms with Gasteiger partial charge in [-0.05, 0) is 43.3 Å². The zero-order valence-electron chi connectivity index (χ0n) is 16.8. The third kappa shape index (κ3) is 7.19. The van der Waals surface area contributed by atoms with Crippen molar-refractivity contribution in [2.24, 2.45) is 0 Å². The zero-order valence-corrected chi connectivity index (χ0v) is 19.9. The van der Waals surface area contributed by atoms with E-state index in [9.17, 15) is 24.3 Å². The maximum Gasteiger partial charge on any atom is 0.369 e. The maximum atomic E-state index is 12.7. The van der Waals surface area contributed by atoms with Crippen LogP contribution in [-0.4, -0.2) is 61.5 Å². The van der Waals surface area contributed by atoms with Gasteiger partial charge in [-0.3, -0.25) is 14.5 Å². The molecule has 0 radical (unpaired) electrons. The average molecular weight is 526 g/mol. The lowest BCUT2D eigenvalue weighted by molar-refractivity contribution is -0.150. The number of β-lactam (4-membered cyclic amide) rings is 1. The zero-order chi connectivity index (χ0) is 24.1. The van der Waals surface area contributed by atoms with Crippen molar-refractivity contribution in [2.45, 2.75) is 29.1 Å². The number of hydrogen-bond acceptors (Lipinski definition) is 7. The molecule has 2 atom stereocenters. The van der Waals surface area contributed by atoms with Crippen LogP contribution in [0, 0.1) is 0 Å². The van der Waals surface area contributed by atoms with Crippen LogP contribution in [0.2, 0.25) is 0 Å². The number of carboxylic acids is 1. The van der Waals surface area contributed by atoms with Crippen molar-refractivity contribution in [3.05, 3.63) is 41.6 Å². The van der Waals surface area contributed by atoms with Crippen LogP contribution >= 0.6 is 46.6 Å². The fourth-order valence-corrected chi connectivity index (χ4v) is 3.79. The minimum Gasteiger partial charge on any atom is -0.484 e. The molecule has 0 saturated carbocycles. The van der Waals surface area contributed by atoms with Crippen molar-refractivity contribution < 1.29 is 33.8 Å². The highest BCUT2D eigenvalue weighted by Crippen LogP contribution is 2.36. The van der Waals surface area contributed by atoms with Gasteiger partial charge in [0.2, 0.25) is 3.79 Å². The number of alkyl halides is 3. The van der Waals surface area contributed by atoms with Crippen LogP contribution in [0.4, 0.5) is 4.79 Å². The maximum absolute atomic E-state index is 12.7. The number of nitrogens with zero attached hydrogens (tertiary/aromatic N) is 1. The Labute approximate surface area is 202 Å². The molecule has 1 saturated heterocycles. The van der Waals surface area contributed by atoms with E-state index in [0.717, 1.165) is 4.90 Å². The first kappa shape index (κ1) is 26.1. The SMILES string of the molecule is CC(C)=C(C(=O)O)N1C(=O)C(NC(=O)COc2ccccc2)C1SC(=O)OCC(Cl)(Cl)Cl. The van der Waals surface area contributed by atoms with Crippen molar-refractivity contribution >= 4 is 69.6 Å². The number of aliphatic carboxylic acids is 1. The molecule has 32 heavy (non-hydrogen) atoms. The van der Waals surface area contributed by atoms with Gasteiger partial charge in [0.25, 0.3) is 11.8 Å². The van der Waals surface area contributed by atoms with Crippen LogP contribution in [0.3, 0.4) is 0 Å². The number of rotatable bonds is 8. The number of amides is 2. The predicted molar refractivity (Wildman–Crippen MR) is 120 cm³/mol. The van der Waals surface area contributed by atoms with Crippen LogP contribution < -0.4 is 10.1 Å². The van der Waals surface area contributed by atoms with Crippen LogP contribution in [0.5, 0.6) is 5.75 Å². The number of halogens is 3. The average Bonchev–Trinajstić information content (AvgIpc) is 2.71. The first-order valence-corrected chi connectivity index (χ1v) is 11.0. The number of hydrogen-bond donors (Lipinski definition) is 2. The highest BCUT2D eigenvalue weighted by molar-refractivity contribution is 8.13. The third-order valence-electron chi connectivity index (χ3n) is 3.96. The number of allylic oxidation sites excluding steroid dienone is 1. The Morgan fingerprint density at radius 3 is 2.34 bits per heavy atom. The summed E-state index contributed by atoms with van der Waals surface area (Å²) in [7, 11) is 0. The molecule has 1 heterocycles. The van der Waals surface area contributed by atoms with E-state index < -0.39 is 51.5 Å². The van der Waals surface area contributed by atoms with Gasteiger partial charge in [-0.1, -0.05) is 53.0 Å². The summed E-state index contributed by atoms with van der Waals surface area (Å²) in [6.45, 7) is 2.05. The second-order valence-electron chi connectivity index (χ2n) is 6.67. The van der Waals surface area contributed by atoms with Crippen molar-refractivity contribution in [3.63, 3.8) is 0 Å². The topological polar surface area (TPSA) is 122 Å². The second kappa shape index (κ2) is 11.1. The van der Waals surface area contributed by atoms with E-state index in [0.29, 0.717) is 23.1 Å². The molecular formula is C19H19Cl3N2O7S. The molecule has 0 bridgehead atoms. The molecule has 1 aliphatic rings. The van der Waals surface area contributed by atoms with Crippen LogP contribution in [-0.2, 0) is 19.1 Å². The molecule has 0 aromatic heterocycles. The summed E-state index contributed by atoms with van der Waals surface area (Å²) in [5.41, 5.74) is 0.0102. The van der Waals surface area contributed by atoms with E-state index in [4.69, 9.17) is 44.3 Å². The molecule has 2 N–H and O–H groups in total. The highest BCUT2D eigenvalue weighted by Gasteiger charge is 2.53. The largest absolute Gasteiger partial charge is 0.484 e. The highest BCUT2D eigenvalue weighted by atomic mass is 35.6. The summed E-state index contributed by atoms with van der Waals surface area (Å²) >= 11 is 17.1. The molecular weight excluding hydrogens is 507 g/mol. The lowest BCUT2D eigenvalue weighted by atomic mass is 10.0. The normalized spacial score (nSPS) is 17.8. The fourth-order valence-electron chi connectivity index (χ4n) is 2.67. The summed E-state index contributed by atoms with van der Waals surface area (Å²) < 4.78 is 8.33. The van der Waals surface area contributed by atoms with E-state index >= 15 is 0 Å². The van der Waals surface area contributed by atoms with E-state index in [-0.39, 0.29) is 5.70 Å². The van der Waals surface area contributed by atoms with Gasteiger partial charge in [-0.15, -0.1) is 0 Å². The van der Waals surface area contributed by atoms with Gasteiger partial charge < -0.3 is 19.9 Å². The smallest absolute Gasteiger partial charge is 0.369 e. The standard InChI is InChI=1S/C19H19Cl3N2O7S/c1-10(2)14(17(27)28)24-15(26)13(16(24)32-18(29)31-9-19(20,21)22)23-12(25)8-30-11-6-4-3-5-7-11/h3-7,13,16H,8-9H2,1-2H3,(H,23,25)(H,27,28). The minimum atomic E-state index is -1.85. The van der Waals surface area contributed by atoms with Gasteiger partial charge >= 0.3 is 11.3 Å². The molecule has 0 aliphatic carbocycles. The number of benzene rings is 1. The summed E-state index contributed by atoms with van der Waals surface area (Å²) in [6.07, 6.45) is 0. The van der Waals surface area contributed by atoms with Crippen molar-refractivity contribution in [2.75, 3.05) is 13.2 Å². The molecule has 2 amide bonds. The van der Waals surface area contributed by atoms with Gasteiger partial charge in [0, 0.05) is 0 Å². The van der Waals surface area contributed by atoms with Crippen molar-refractivity contribution in [1.82, 2.24) is 10.2 Å². The van der Waals surface area contributed by atoms with E-state index in [1.165, 1.54) is 13.8 Å². The number of carbonyl (C=O) groups excluding carboxylic acids is 3. The Morgan fingerprint density at radius 1 is 1.19 bits per heavy atom. The summed E-state index contributed by atoms with van der Waals surface area (Å²) in [6, 6.07) is 7.33. The molecule has 2 rings (SSSR count). The van der Waals surface area contributed by atoms with Gasteiger partial charge in [0.1, 0.15) is 29.5 Å². The summed E-state index contributed by atoms with van der Waals surface area (Å²) in [5.74, 6) is -2.26. The molecule has 9 nitrogen and oxygen atoms in total. The predicted octanol–water partition coefficient (Wildman–Crippen LogP) is 3.34. The molecule has 1 fully saturated rings. The van der Waals surface area contributed by atoms with E-state index in [2.05, 4.69) is 5.32 Å². The van der Waals surface area contributed by atoms with E-state index in [1.807, 2.05) is 0 Å². The molecule has 1 aromatic rings. The van der Waals surface area contributed by atoms with E-state index in [1.54, 1.807) is 30.3 Å². The number of likely N-dealkylation sites (tertiary alicyclic amines) is 1. The van der Waals surface area contributed by atoms with Crippen LogP contribution in [0.25, 0.3) is 0 Å². The Balaban J connectivity index is 2.12. The molecule has 1 aliphatic heterocycles. The van der Waals surface area contributed by atoms with Crippen molar-refractivity contribution in [1.29, 1.82) is 0 Å². The van der Waals surface area contributed by atoms with Gasteiger partial charge in [0.05, 0.1) is 0 Å². The van der Waals surface area contributed by atoms with Gasteiger partial charge in [0.15, 0.2) is 6.61 Å². The summed E-state index contributed by atoms with van der Waals surface area (Å²) in [5, 5.41) is 9.94. The number of ether oxygens (including phenoxy) is 2. The number of carboxylic acid groups (broad SMARTS) is 1. The number of carbonyl (C=O) groups is 4. The summed E-state index contributed by atoms with van der Waals surface area (Å²) in [4.78, 5) is 49.7. The number of thioether (sulfide) groups is 1. The van der Waals surface area contributed by atoms with Crippen LogP contribution in [0.1, 0.15) is 13.8 Å². The molecule has 2 unspecified atom stereocenters. The second-order valence-corrected chi connectivity index (χ2v) is 10.2. The van der Waals surface area contributed by atoms with Gasteiger partial charge in [-0.25, -0.2) is 9.59 Å². The first-order chi connectivity index (χ1) is 14.9. The Kier molecular flexibility index (Phi) is 9.08. The quantitative estimate of drug-likeness (QED) is 0.229. The van der Waals surface area contributed by atoms with Crippen molar-refractivity contribution in [3.8, 4) is 5.75 Å². The Bertz CT molecular complexity index is 917. The third-order valence-corrected chi connectivity index (χ3v) is 5.32. The Morgan fingerprint density at radius 2 is 1.81 bits per heavy atom. The van der Waals surface area contributed by atoms with Gasteiger partial charge in [-0.2, -0.15) is 0 Å². The molecule has 1 aromatic carbocycles. The number of nitrogens with one attached hydrogen (secondary N) is 1. The number of para-hydroxylation sites is 1. The first-order valence-electron chi connectivity index (χ1n) is 9.02.